The van der Waals surface area contributed by atoms with Crippen LogP contribution in [-0.2, 0) is 42.3 Å². The number of carbonyl (C=O) groups excluding carboxylic acids is 2. The van der Waals surface area contributed by atoms with Crippen molar-refractivity contribution < 1.29 is 57.4 Å². The molecule has 0 radical (unpaired) electrons. The molecule has 0 bridgehead atoms. The average molecular weight is 529 g/mol. The Balaban J connectivity index is 1.62. The standard InChI is InChI=1S/C18H20N5O12P/c24-9(1-2-10(25)26)22-16-13-17(20-6-19-16)23(7-21-13)18-15(34-12(29)4-3-11(27)28)14-8(33-18)5-32-36(30,31)35-14/h6-8,14-15,18H,1-5H2,(H,25,26)(H,27,28)(H,30,31)(H,19,20,22,24)/t8-,14-,15-,18-/m1/s1. The van der Waals surface area contributed by atoms with E-state index in [9.17, 15) is 28.6 Å². The molecule has 0 saturated carbocycles. The van der Waals surface area contributed by atoms with Crippen molar-refractivity contribution in [3.05, 3.63) is 12.7 Å². The number of amides is 1. The summed E-state index contributed by atoms with van der Waals surface area (Å²) < 4.78 is 34.5. The van der Waals surface area contributed by atoms with E-state index in [1.807, 2.05) is 0 Å². The van der Waals surface area contributed by atoms with Crippen LogP contribution in [0.4, 0.5) is 5.82 Å². The number of aliphatic carboxylic acids is 2. The SMILES string of the molecule is O=C(O)CCC(=O)Nc1ncnc2c1ncn2[C@@H]1O[C@@H]2COP(=O)(O)O[C@H]2[C@H]1OC(=O)CCC(=O)O. The second kappa shape index (κ2) is 10.2. The first kappa shape index (κ1) is 25.6. The first-order chi connectivity index (χ1) is 17.0. The highest BCUT2D eigenvalue weighted by Crippen LogP contribution is 2.53. The normalized spacial score (nSPS) is 27.4. The van der Waals surface area contributed by atoms with Gasteiger partial charge in [0.2, 0.25) is 5.91 Å². The Bertz CT molecular complexity index is 1250. The molecule has 194 valence electrons. The van der Waals surface area contributed by atoms with Crippen molar-refractivity contribution >= 4 is 48.6 Å². The minimum absolute atomic E-state index is 0.0148. The lowest BCUT2D eigenvalue weighted by Crippen LogP contribution is -2.41. The van der Waals surface area contributed by atoms with Gasteiger partial charge in [0.15, 0.2) is 29.3 Å². The summed E-state index contributed by atoms with van der Waals surface area (Å²) in [6.45, 7) is -0.357. The summed E-state index contributed by atoms with van der Waals surface area (Å²) in [5.41, 5.74) is 0.211. The van der Waals surface area contributed by atoms with Crippen molar-refractivity contribution in [2.45, 2.75) is 50.2 Å². The van der Waals surface area contributed by atoms with Gasteiger partial charge in [0.05, 0.1) is 32.2 Å². The number of fused-ring (bicyclic) bond motifs is 2. The molecule has 4 heterocycles. The molecule has 2 aromatic heterocycles. The smallest absolute Gasteiger partial charge is 0.472 e. The zero-order chi connectivity index (χ0) is 26.0. The lowest BCUT2D eigenvalue weighted by atomic mass is 10.1. The zero-order valence-electron chi connectivity index (χ0n) is 18.3. The zero-order valence-corrected chi connectivity index (χ0v) is 19.1. The Morgan fingerprint density at radius 3 is 2.56 bits per heavy atom. The van der Waals surface area contributed by atoms with Crippen LogP contribution in [0.1, 0.15) is 31.9 Å². The van der Waals surface area contributed by atoms with E-state index in [2.05, 4.69) is 20.3 Å². The minimum atomic E-state index is -4.46. The molecule has 2 aliphatic heterocycles. The number of nitrogens with one attached hydrogen (secondary N) is 1. The van der Waals surface area contributed by atoms with E-state index < -0.39 is 69.0 Å². The number of rotatable bonds is 9. The van der Waals surface area contributed by atoms with Crippen LogP contribution in [0.15, 0.2) is 12.7 Å². The molecule has 1 amide bonds. The topological polar surface area (TPSA) is 239 Å². The summed E-state index contributed by atoms with van der Waals surface area (Å²) in [5, 5.41) is 20.0. The van der Waals surface area contributed by atoms with Gasteiger partial charge < -0.3 is 29.9 Å². The number of hydrogen-bond acceptors (Lipinski definition) is 12. The van der Waals surface area contributed by atoms with Crippen molar-refractivity contribution in [1.29, 1.82) is 0 Å². The first-order valence-electron chi connectivity index (χ1n) is 10.5. The Kier molecular flexibility index (Phi) is 7.28. The number of esters is 1. The van der Waals surface area contributed by atoms with Crippen molar-refractivity contribution in [2.75, 3.05) is 11.9 Å². The number of carboxylic acids is 2. The first-order valence-corrected chi connectivity index (χ1v) is 12.0. The highest BCUT2D eigenvalue weighted by Gasteiger charge is 2.55. The molecule has 2 aliphatic rings. The van der Waals surface area contributed by atoms with Crippen molar-refractivity contribution in [3.8, 4) is 0 Å². The molecule has 4 N–H and O–H groups in total. The predicted molar refractivity (Wildman–Crippen MR) is 112 cm³/mol. The summed E-state index contributed by atoms with van der Waals surface area (Å²) in [7, 11) is -4.46. The number of anilines is 1. The van der Waals surface area contributed by atoms with Gasteiger partial charge in [0, 0.05) is 6.42 Å². The molecule has 18 heteroatoms. The van der Waals surface area contributed by atoms with Crippen LogP contribution in [0.2, 0.25) is 0 Å². The number of nitrogens with zero attached hydrogens (tertiary/aromatic N) is 4. The number of phosphoric ester groups is 1. The number of carbonyl (C=O) groups is 4. The number of phosphoric acid groups is 1. The van der Waals surface area contributed by atoms with Crippen molar-refractivity contribution in [3.63, 3.8) is 0 Å². The second-order valence-electron chi connectivity index (χ2n) is 7.74. The number of carboxylic acid groups (broad SMARTS) is 2. The van der Waals surface area contributed by atoms with Gasteiger partial charge in [-0.25, -0.2) is 19.5 Å². The molecule has 2 aromatic rings. The van der Waals surface area contributed by atoms with Gasteiger partial charge in [0.1, 0.15) is 18.5 Å². The number of ether oxygens (including phenoxy) is 2. The molecule has 1 unspecified atom stereocenters. The van der Waals surface area contributed by atoms with Crippen molar-refractivity contribution in [2.24, 2.45) is 0 Å². The van der Waals surface area contributed by atoms with E-state index in [0.29, 0.717) is 0 Å². The second-order valence-corrected chi connectivity index (χ2v) is 9.14. The van der Waals surface area contributed by atoms with Gasteiger partial charge in [0.25, 0.3) is 0 Å². The summed E-state index contributed by atoms with van der Waals surface area (Å²) in [5.74, 6) is -3.92. The van der Waals surface area contributed by atoms with E-state index >= 15 is 0 Å². The van der Waals surface area contributed by atoms with Crippen LogP contribution in [0.25, 0.3) is 11.2 Å². The van der Waals surface area contributed by atoms with Crippen LogP contribution in [0.3, 0.4) is 0 Å². The monoisotopic (exact) mass is 529 g/mol. The molecular formula is C18H20N5O12P. The van der Waals surface area contributed by atoms with Crippen LogP contribution in [0.5, 0.6) is 0 Å². The molecule has 0 aromatic carbocycles. The quantitative estimate of drug-likeness (QED) is 0.243. The largest absolute Gasteiger partial charge is 0.481 e. The summed E-state index contributed by atoms with van der Waals surface area (Å²) >= 11 is 0. The maximum atomic E-state index is 12.3. The Morgan fingerprint density at radius 2 is 1.83 bits per heavy atom. The third-order valence-electron chi connectivity index (χ3n) is 5.21. The van der Waals surface area contributed by atoms with Gasteiger partial charge in [-0.2, -0.15) is 0 Å². The third-order valence-corrected chi connectivity index (χ3v) is 6.19. The number of imidazole rings is 1. The average Bonchev–Trinajstić information content (AvgIpc) is 3.38. The van der Waals surface area contributed by atoms with Crippen LogP contribution in [0, 0.1) is 0 Å². The predicted octanol–water partition coefficient (Wildman–Crippen LogP) is -0.181. The van der Waals surface area contributed by atoms with Gasteiger partial charge in [-0.1, -0.05) is 0 Å². The van der Waals surface area contributed by atoms with Crippen LogP contribution >= 0.6 is 7.82 Å². The maximum absolute atomic E-state index is 12.3. The Hall–Kier alpha value is -3.50. The fraction of sp³-hybridized carbons (Fsp3) is 0.500. The lowest BCUT2D eigenvalue weighted by molar-refractivity contribution is -0.160. The molecule has 17 nitrogen and oxygen atoms in total. The molecule has 2 fully saturated rings. The van der Waals surface area contributed by atoms with E-state index in [1.165, 1.54) is 10.9 Å². The van der Waals surface area contributed by atoms with Gasteiger partial charge in [-0.3, -0.25) is 32.8 Å². The third kappa shape index (κ3) is 5.66. The molecule has 5 atom stereocenters. The highest BCUT2D eigenvalue weighted by molar-refractivity contribution is 7.47. The van der Waals surface area contributed by atoms with Crippen molar-refractivity contribution in [1.82, 2.24) is 19.5 Å². The summed E-state index contributed by atoms with van der Waals surface area (Å²) in [6, 6.07) is 0. The molecular weight excluding hydrogens is 509 g/mol. The van der Waals surface area contributed by atoms with Gasteiger partial charge in [-0.05, 0) is 0 Å². The molecule has 2 saturated heterocycles. The maximum Gasteiger partial charge on any atom is 0.472 e. The summed E-state index contributed by atoms with van der Waals surface area (Å²) in [4.78, 5) is 67.9. The van der Waals surface area contributed by atoms with Gasteiger partial charge in [-0.15, -0.1) is 0 Å². The number of hydrogen-bond donors (Lipinski definition) is 4. The van der Waals surface area contributed by atoms with Crippen LogP contribution < -0.4 is 5.32 Å². The fourth-order valence-corrected chi connectivity index (χ4v) is 4.59. The van der Waals surface area contributed by atoms with Gasteiger partial charge >= 0.3 is 25.7 Å². The molecule has 4 rings (SSSR count). The summed E-state index contributed by atoms with van der Waals surface area (Å²) in [6.07, 6.45) is -3.99. The Morgan fingerprint density at radius 1 is 1.11 bits per heavy atom. The fourth-order valence-electron chi connectivity index (χ4n) is 3.64. The minimum Gasteiger partial charge on any atom is -0.481 e. The highest BCUT2D eigenvalue weighted by atomic mass is 31.2. The lowest BCUT2D eigenvalue weighted by Gasteiger charge is -2.29. The van der Waals surface area contributed by atoms with E-state index in [1.54, 1.807) is 0 Å². The molecule has 0 spiro atoms. The number of aromatic nitrogens is 4. The Labute approximate surface area is 201 Å². The van der Waals surface area contributed by atoms with E-state index in [4.69, 9.17) is 28.7 Å². The van der Waals surface area contributed by atoms with E-state index in [-0.39, 0.29) is 36.4 Å². The molecule has 36 heavy (non-hydrogen) atoms. The van der Waals surface area contributed by atoms with Crippen LogP contribution in [-0.4, -0.2) is 83.4 Å². The molecule has 0 aliphatic carbocycles. The van der Waals surface area contributed by atoms with E-state index in [0.717, 1.165) is 6.33 Å².